The number of nitrogens with zero attached hydrogens (tertiary/aromatic N) is 2. The van der Waals surface area contributed by atoms with Crippen LogP contribution in [0.4, 0.5) is 5.69 Å². The Morgan fingerprint density at radius 2 is 1.74 bits per heavy atom. The van der Waals surface area contributed by atoms with Crippen molar-refractivity contribution in [2.24, 2.45) is 23.7 Å². The predicted molar refractivity (Wildman–Crippen MR) is 108 cm³/mol. The second kappa shape index (κ2) is 5.92. The number of thiazole rings is 1. The van der Waals surface area contributed by atoms with Gasteiger partial charge in [-0.15, -0.1) is 11.3 Å². The first kappa shape index (κ1) is 16.3. The van der Waals surface area contributed by atoms with Gasteiger partial charge in [-0.1, -0.05) is 36.8 Å². The molecule has 0 spiro atoms. The summed E-state index contributed by atoms with van der Waals surface area (Å²) in [6.07, 6.45) is 10.5. The van der Waals surface area contributed by atoms with Crippen LogP contribution in [-0.2, 0) is 9.59 Å². The molecule has 2 aromatic rings. The van der Waals surface area contributed by atoms with Crippen molar-refractivity contribution < 1.29 is 9.59 Å². The van der Waals surface area contributed by atoms with Gasteiger partial charge in [0.05, 0.1) is 27.7 Å². The van der Waals surface area contributed by atoms with Crippen LogP contribution in [0.3, 0.4) is 0 Å². The maximum Gasteiger partial charge on any atom is 0.238 e. The molecular formula is C21H20N2O2S2. The van der Waals surface area contributed by atoms with Gasteiger partial charge in [-0.3, -0.25) is 9.59 Å². The smallest absolute Gasteiger partial charge is 0.238 e. The van der Waals surface area contributed by atoms with Crippen LogP contribution in [-0.4, -0.2) is 22.0 Å². The highest BCUT2D eigenvalue weighted by atomic mass is 32.2. The highest BCUT2D eigenvalue weighted by Crippen LogP contribution is 2.53. The average molecular weight is 397 g/mol. The van der Waals surface area contributed by atoms with Gasteiger partial charge in [0.15, 0.2) is 4.34 Å². The maximum atomic E-state index is 13.0. The number of amides is 2. The second-order valence-electron chi connectivity index (χ2n) is 8.17. The minimum atomic E-state index is -0.141. The van der Waals surface area contributed by atoms with E-state index in [2.05, 4.69) is 12.2 Å². The molecule has 3 aliphatic carbocycles. The van der Waals surface area contributed by atoms with E-state index in [-0.39, 0.29) is 35.5 Å². The number of thioether (sulfide) groups is 1. The monoisotopic (exact) mass is 396 g/mol. The number of aromatic nitrogens is 1. The lowest BCUT2D eigenvalue weighted by atomic mass is 9.85. The van der Waals surface area contributed by atoms with Gasteiger partial charge in [0.25, 0.3) is 0 Å². The van der Waals surface area contributed by atoms with Crippen molar-refractivity contribution >= 4 is 50.8 Å². The number of anilines is 1. The first-order valence-corrected chi connectivity index (χ1v) is 11.5. The Labute approximate surface area is 166 Å². The van der Waals surface area contributed by atoms with Crippen LogP contribution < -0.4 is 4.90 Å². The molecule has 2 bridgehead atoms. The summed E-state index contributed by atoms with van der Waals surface area (Å²) in [4.78, 5) is 32.2. The molecule has 6 heteroatoms. The zero-order valence-electron chi connectivity index (χ0n) is 14.8. The molecule has 0 N–H and O–H groups in total. The molecule has 27 heavy (non-hydrogen) atoms. The predicted octanol–water partition coefficient (Wildman–Crippen LogP) is 4.64. The number of carbonyl (C=O) groups is 2. The van der Waals surface area contributed by atoms with Crippen molar-refractivity contribution in [3.8, 4) is 0 Å². The molecule has 3 fully saturated rings. The molecule has 4 nitrogen and oxygen atoms in total. The molecule has 4 atom stereocenters. The number of rotatable bonds is 3. The lowest BCUT2D eigenvalue weighted by Gasteiger charge is -2.17. The third-order valence-corrected chi connectivity index (χ3v) is 9.10. The summed E-state index contributed by atoms with van der Waals surface area (Å²) in [5, 5.41) is 0.689. The maximum absolute atomic E-state index is 13.0. The highest BCUT2D eigenvalue weighted by Gasteiger charge is 2.59. The van der Waals surface area contributed by atoms with Crippen LogP contribution in [0.2, 0.25) is 0 Å². The molecular weight excluding hydrogens is 376 g/mol. The Morgan fingerprint density at radius 1 is 1.04 bits per heavy atom. The molecule has 2 saturated carbocycles. The summed E-state index contributed by atoms with van der Waals surface area (Å²) >= 11 is 3.57. The van der Waals surface area contributed by atoms with Crippen molar-refractivity contribution in [3.05, 3.63) is 30.4 Å². The SMILES string of the molecule is O=C1[C@@H]2[C@H](C(=O)N1c1ccc3nc(SC4CCCC4)sc3c1)[C@H]1C=C[C@H]2C1. The van der Waals surface area contributed by atoms with Crippen LogP contribution in [0.25, 0.3) is 10.2 Å². The number of hydrogen-bond acceptors (Lipinski definition) is 5. The third-order valence-electron chi connectivity index (χ3n) is 6.65. The second-order valence-corrected chi connectivity index (χ2v) is 10.7. The molecule has 0 unspecified atom stereocenters. The van der Waals surface area contributed by atoms with Gasteiger partial charge >= 0.3 is 0 Å². The Kier molecular flexibility index (Phi) is 3.57. The molecule has 0 radical (unpaired) electrons. The molecule has 1 aromatic carbocycles. The normalized spacial score (nSPS) is 32.4. The molecule has 138 valence electrons. The van der Waals surface area contributed by atoms with Gasteiger partial charge in [0, 0.05) is 5.25 Å². The Hall–Kier alpha value is -1.66. The van der Waals surface area contributed by atoms with Crippen LogP contribution >= 0.6 is 23.1 Å². The Morgan fingerprint density at radius 3 is 2.44 bits per heavy atom. The fraction of sp³-hybridized carbons (Fsp3) is 0.476. The zero-order valence-corrected chi connectivity index (χ0v) is 16.5. The summed E-state index contributed by atoms with van der Waals surface area (Å²) in [5.41, 5.74) is 1.68. The van der Waals surface area contributed by atoms with Gasteiger partial charge in [0.2, 0.25) is 11.8 Å². The minimum Gasteiger partial charge on any atom is -0.274 e. The van der Waals surface area contributed by atoms with Crippen molar-refractivity contribution in [1.29, 1.82) is 0 Å². The standard InChI is InChI=1S/C21H20N2O2S2/c24-19-17-11-5-6-12(9-11)18(17)20(25)23(19)13-7-8-15-16(10-13)27-21(22-15)26-14-3-1-2-4-14/h5-8,10-12,14,17-18H,1-4,9H2/t11-,12-,17-,18+/m0/s1. The van der Waals surface area contributed by atoms with Crippen LogP contribution in [0.15, 0.2) is 34.7 Å². The van der Waals surface area contributed by atoms with Crippen molar-refractivity contribution in [1.82, 2.24) is 4.98 Å². The van der Waals surface area contributed by atoms with Gasteiger partial charge in [0.1, 0.15) is 0 Å². The van der Waals surface area contributed by atoms with Gasteiger partial charge in [-0.25, -0.2) is 9.88 Å². The molecule has 2 heterocycles. The van der Waals surface area contributed by atoms with E-state index in [9.17, 15) is 9.59 Å². The first-order valence-electron chi connectivity index (χ1n) is 9.82. The van der Waals surface area contributed by atoms with Crippen LogP contribution in [0.1, 0.15) is 32.1 Å². The minimum absolute atomic E-state index is 0.00808. The van der Waals surface area contributed by atoms with E-state index in [0.717, 1.165) is 21.0 Å². The largest absolute Gasteiger partial charge is 0.274 e. The number of hydrogen-bond donors (Lipinski definition) is 0. The van der Waals surface area contributed by atoms with Crippen molar-refractivity contribution in [2.45, 2.75) is 41.7 Å². The van der Waals surface area contributed by atoms with E-state index in [4.69, 9.17) is 4.98 Å². The van der Waals surface area contributed by atoms with Gasteiger partial charge < -0.3 is 0 Å². The fourth-order valence-corrected chi connectivity index (χ4v) is 7.99. The van der Waals surface area contributed by atoms with E-state index < -0.39 is 0 Å². The number of benzene rings is 1. The van der Waals surface area contributed by atoms with Gasteiger partial charge in [-0.2, -0.15) is 0 Å². The lowest BCUT2D eigenvalue weighted by molar-refractivity contribution is -0.123. The molecule has 1 aliphatic heterocycles. The van der Waals surface area contributed by atoms with E-state index in [1.807, 2.05) is 30.0 Å². The zero-order chi connectivity index (χ0) is 18.1. The quantitative estimate of drug-likeness (QED) is 0.560. The summed E-state index contributed by atoms with van der Waals surface area (Å²) in [6.45, 7) is 0. The number of allylic oxidation sites excluding steroid dienone is 2. The molecule has 1 aromatic heterocycles. The molecule has 1 saturated heterocycles. The number of imide groups is 1. The van der Waals surface area contributed by atoms with Gasteiger partial charge in [-0.05, 0) is 49.3 Å². The summed E-state index contributed by atoms with van der Waals surface area (Å²) in [5.74, 6) is 0.208. The van der Waals surface area contributed by atoms with E-state index >= 15 is 0 Å². The van der Waals surface area contributed by atoms with Crippen LogP contribution in [0, 0.1) is 23.7 Å². The third kappa shape index (κ3) is 2.39. The van der Waals surface area contributed by atoms with Crippen LogP contribution in [0.5, 0.6) is 0 Å². The first-order chi connectivity index (χ1) is 13.2. The Balaban J connectivity index is 1.31. The highest BCUT2D eigenvalue weighted by molar-refractivity contribution is 8.01. The average Bonchev–Trinajstić information content (AvgIpc) is 3.45. The topological polar surface area (TPSA) is 50.3 Å². The van der Waals surface area contributed by atoms with Crippen molar-refractivity contribution in [2.75, 3.05) is 4.90 Å². The molecule has 6 rings (SSSR count). The lowest BCUT2D eigenvalue weighted by Crippen LogP contribution is -2.32. The van der Waals surface area contributed by atoms with E-state index in [1.165, 1.54) is 30.6 Å². The Bertz CT molecular complexity index is 961. The summed E-state index contributed by atoms with van der Waals surface area (Å²) in [6, 6.07) is 5.83. The fourth-order valence-electron chi connectivity index (χ4n) is 5.39. The summed E-state index contributed by atoms with van der Waals surface area (Å²) < 4.78 is 2.17. The molecule has 2 amide bonds. The van der Waals surface area contributed by atoms with E-state index in [0.29, 0.717) is 10.9 Å². The summed E-state index contributed by atoms with van der Waals surface area (Å²) in [7, 11) is 0. The molecule has 4 aliphatic rings. The van der Waals surface area contributed by atoms with Crippen molar-refractivity contribution in [3.63, 3.8) is 0 Å². The van der Waals surface area contributed by atoms with E-state index in [1.54, 1.807) is 11.3 Å². The number of carbonyl (C=O) groups excluding carboxylic acids is 2. The number of fused-ring (bicyclic) bond motifs is 6.